The molecule has 0 bridgehead atoms. The number of aliphatic hydroxyl groups is 1. The minimum atomic E-state index is -1.38. The average molecular weight is 311 g/mol. The molecule has 0 aromatic rings. The Morgan fingerprint density at radius 2 is 1.70 bits per heavy atom. The van der Waals surface area contributed by atoms with Gasteiger partial charge in [0.1, 0.15) is 14.2 Å². The van der Waals surface area contributed by atoms with E-state index in [1.807, 2.05) is 0 Å². The van der Waals surface area contributed by atoms with Gasteiger partial charge in [-0.1, -0.05) is 76.2 Å². The molecule has 0 aromatic heterocycles. The molecule has 0 aromatic carbocycles. The van der Waals surface area contributed by atoms with Gasteiger partial charge >= 0.3 is 0 Å². The van der Waals surface area contributed by atoms with Gasteiger partial charge in [0.15, 0.2) is 0 Å². The number of hydrogen-bond acceptors (Lipinski definition) is 1. The minimum absolute atomic E-state index is 0.481. The molecule has 116 valence electrons. The summed E-state index contributed by atoms with van der Waals surface area (Å²) in [6.45, 7) is 16.0. The fourth-order valence-corrected chi connectivity index (χ4v) is 4.09. The molecule has 0 saturated carbocycles. The van der Waals surface area contributed by atoms with Crippen molar-refractivity contribution in [1.29, 1.82) is 0 Å². The van der Waals surface area contributed by atoms with Crippen molar-refractivity contribution in [3.63, 3.8) is 0 Å². The number of hydrogen-bond donors (Lipinski definition) is 1. The second-order valence-corrected chi connectivity index (χ2v) is 17.6. The third kappa shape index (κ3) is 10.5. The maximum Gasteiger partial charge on any atom is 0.129 e. The summed E-state index contributed by atoms with van der Waals surface area (Å²) < 4.78 is 0. The highest BCUT2D eigenvalue weighted by molar-refractivity contribution is 6.84. The summed E-state index contributed by atoms with van der Waals surface area (Å²) in [6, 6.07) is 0. The Kier molecular flexibility index (Phi) is 8.73. The lowest BCUT2D eigenvalue weighted by Crippen LogP contribution is -2.27. The molecule has 0 heterocycles. The molecule has 1 N–H and O–H groups in total. The Balaban J connectivity index is 4.69. The van der Waals surface area contributed by atoms with Crippen LogP contribution in [0.25, 0.3) is 0 Å². The maximum atomic E-state index is 10.2. The Morgan fingerprint density at radius 1 is 1.10 bits per heavy atom. The second-order valence-electron chi connectivity index (χ2n) is 7.71. The van der Waals surface area contributed by atoms with Crippen LogP contribution in [-0.2, 0) is 0 Å². The van der Waals surface area contributed by atoms with Crippen LogP contribution in [0.15, 0.2) is 11.3 Å². The van der Waals surface area contributed by atoms with Gasteiger partial charge in [0, 0.05) is 6.42 Å². The van der Waals surface area contributed by atoms with Gasteiger partial charge in [-0.15, -0.1) is 5.54 Å². The van der Waals surface area contributed by atoms with E-state index in [1.54, 1.807) is 0 Å². The predicted octanol–water partition coefficient (Wildman–Crippen LogP) is 5.00. The predicted molar refractivity (Wildman–Crippen MR) is 97.3 cm³/mol. The second kappa shape index (κ2) is 8.87. The normalized spacial score (nSPS) is 14.7. The van der Waals surface area contributed by atoms with Crippen LogP contribution in [-0.4, -0.2) is 27.4 Å². The fourth-order valence-electron chi connectivity index (χ4n) is 1.93. The Hall–Kier alpha value is -0.306. The summed E-state index contributed by atoms with van der Waals surface area (Å²) in [5.74, 6) is 3.08. The standard InChI is InChI=1S/C17H34OSi2/c1-8-9-10-11-12-17(20(5,6)7)15-16(18)13-14-19(2,3)4/h12,16,18H,8-11,15H2,1-7H3/b17-12-. The summed E-state index contributed by atoms with van der Waals surface area (Å²) in [6.07, 6.45) is 7.64. The van der Waals surface area contributed by atoms with E-state index >= 15 is 0 Å². The minimum Gasteiger partial charge on any atom is -0.380 e. The number of unbranched alkanes of at least 4 members (excludes halogenated alkanes) is 3. The zero-order chi connectivity index (χ0) is 15.8. The maximum absolute atomic E-state index is 10.2. The molecular formula is C17H34OSi2. The largest absolute Gasteiger partial charge is 0.380 e. The summed E-state index contributed by atoms with van der Waals surface area (Å²) in [7, 11) is -2.72. The van der Waals surface area contributed by atoms with Gasteiger partial charge < -0.3 is 5.11 Å². The van der Waals surface area contributed by atoms with Crippen molar-refractivity contribution in [2.45, 2.75) is 84.4 Å². The fraction of sp³-hybridized carbons (Fsp3) is 0.765. The zero-order valence-electron chi connectivity index (χ0n) is 14.6. The van der Waals surface area contributed by atoms with Crippen LogP contribution in [0.2, 0.25) is 39.3 Å². The molecule has 0 aliphatic carbocycles. The SMILES string of the molecule is CCCCC/C=C(/CC(O)C#C[Si](C)(C)C)[Si](C)(C)C. The number of aliphatic hydroxyl groups excluding tert-OH is 1. The number of allylic oxidation sites excluding steroid dienone is 1. The average Bonchev–Trinajstić information content (AvgIpc) is 2.28. The van der Waals surface area contributed by atoms with E-state index in [0.717, 1.165) is 12.8 Å². The van der Waals surface area contributed by atoms with Gasteiger partial charge in [0.05, 0.1) is 8.07 Å². The van der Waals surface area contributed by atoms with Crippen molar-refractivity contribution >= 4 is 16.1 Å². The van der Waals surface area contributed by atoms with Crippen molar-refractivity contribution in [2.75, 3.05) is 0 Å². The van der Waals surface area contributed by atoms with Crippen LogP contribution in [0.4, 0.5) is 0 Å². The summed E-state index contributed by atoms with van der Waals surface area (Å²) in [4.78, 5) is 0. The van der Waals surface area contributed by atoms with Crippen molar-refractivity contribution in [3.05, 3.63) is 11.3 Å². The highest BCUT2D eigenvalue weighted by Crippen LogP contribution is 2.21. The van der Waals surface area contributed by atoms with Gasteiger partial charge in [-0.05, 0) is 12.8 Å². The molecule has 0 amide bonds. The van der Waals surface area contributed by atoms with Gasteiger partial charge in [0.2, 0.25) is 0 Å². The monoisotopic (exact) mass is 310 g/mol. The topological polar surface area (TPSA) is 20.2 Å². The van der Waals surface area contributed by atoms with Crippen molar-refractivity contribution in [1.82, 2.24) is 0 Å². The third-order valence-corrected chi connectivity index (χ3v) is 6.42. The van der Waals surface area contributed by atoms with E-state index in [9.17, 15) is 5.11 Å². The lowest BCUT2D eigenvalue weighted by atomic mass is 10.1. The molecule has 1 unspecified atom stereocenters. The summed E-state index contributed by atoms with van der Waals surface area (Å²) in [5, 5.41) is 11.7. The molecular weight excluding hydrogens is 276 g/mol. The van der Waals surface area contributed by atoms with Crippen molar-refractivity contribution in [3.8, 4) is 11.5 Å². The smallest absolute Gasteiger partial charge is 0.129 e. The Bertz CT molecular complexity index is 361. The third-order valence-electron chi connectivity index (χ3n) is 3.19. The summed E-state index contributed by atoms with van der Waals surface area (Å²) >= 11 is 0. The molecule has 1 atom stereocenters. The van der Waals surface area contributed by atoms with Crippen LogP contribution in [0.5, 0.6) is 0 Å². The molecule has 0 radical (unpaired) electrons. The molecule has 20 heavy (non-hydrogen) atoms. The van der Waals surface area contributed by atoms with Gasteiger partial charge in [-0.25, -0.2) is 0 Å². The van der Waals surface area contributed by atoms with E-state index in [-0.39, 0.29) is 0 Å². The lowest BCUT2D eigenvalue weighted by molar-refractivity contribution is 0.234. The Morgan fingerprint density at radius 3 is 2.15 bits per heavy atom. The number of rotatable bonds is 7. The van der Waals surface area contributed by atoms with Crippen LogP contribution in [0, 0.1) is 11.5 Å². The first-order chi connectivity index (χ1) is 9.06. The van der Waals surface area contributed by atoms with E-state index in [0.29, 0.717) is 0 Å². The van der Waals surface area contributed by atoms with Crippen LogP contribution < -0.4 is 0 Å². The molecule has 0 aliphatic heterocycles. The molecule has 0 spiro atoms. The lowest BCUT2D eigenvalue weighted by Gasteiger charge is -2.22. The molecule has 0 aliphatic rings. The van der Waals surface area contributed by atoms with Crippen LogP contribution in [0.3, 0.4) is 0 Å². The first-order valence-corrected chi connectivity index (χ1v) is 15.0. The molecule has 0 rings (SSSR count). The zero-order valence-corrected chi connectivity index (χ0v) is 16.6. The quantitative estimate of drug-likeness (QED) is 0.398. The van der Waals surface area contributed by atoms with E-state index in [4.69, 9.17) is 0 Å². The van der Waals surface area contributed by atoms with E-state index in [1.165, 1.54) is 24.5 Å². The molecule has 3 heteroatoms. The van der Waals surface area contributed by atoms with Gasteiger partial charge in [0.25, 0.3) is 0 Å². The first-order valence-electron chi connectivity index (χ1n) is 7.96. The van der Waals surface area contributed by atoms with Gasteiger partial charge in [-0.2, -0.15) is 0 Å². The summed E-state index contributed by atoms with van der Waals surface area (Å²) in [5.41, 5.74) is 3.28. The van der Waals surface area contributed by atoms with E-state index in [2.05, 4.69) is 63.7 Å². The molecule has 1 nitrogen and oxygen atoms in total. The Labute approximate surface area is 128 Å². The van der Waals surface area contributed by atoms with Crippen LogP contribution >= 0.6 is 0 Å². The highest BCUT2D eigenvalue weighted by atomic mass is 28.3. The van der Waals surface area contributed by atoms with Gasteiger partial charge in [-0.3, -0.25) is 0 Å². The van der Waals surface area contributed by atoms with Crippen molar-refractivity contribution in [2.24, 2.45) is 0 Å². The van der Waals surface area contributed by atoms with Crippen molar-refractivity contribution < 1.29 is 5.11 Å². The molecule has 0 saturated heterocycles. The molecule has 0 fully saturated rings. The van der Waals surface area contributed by atoms with Crippen LogP contribution in [0.1, 0.15) is 39.0 Å². The first kappa shape index (κ1) is 19.7. The highest BCUT2D eigenvalue weighted by Gasteiger charge is 2.21. The van der Waals surface area contributed by atoms with E-state index < -0.39 is 22.3 Å².